The summed E-state index contributed by atoms with van der Waals surface area (Å²) in [5, 5.41) is 3.67. The fourth-order valence-corrected chi connectivity index (χ4v) is 3.88. The van der Waals surface area contributed by atoms with Gasteiger partial charge in [0.25, 0.3) is 0 Å². The molecule has 4 rings (SSSR count). The molecule has 3 nitrogen and oxygen atoms in total. The zero-order chi connectivity index (χ0) is 14.9. The molecule has 0 spiro atoms. The predicted octanol–water partition coefficient (Wildman–Crippen LogP) is 4.00. The van der Waals surface area contributed by atoms with Crippen molar-refractivity contribution >= 4 is 15.9 Å². The maximum absolute atomic E-state index is 5.69. The molecule has 1 aliphatic heterocycles. The van der Waals surface area contributed by atoms with E-state index in [1.165, 1.54) is 29.5 Å². The molecule has 0 radical (unpaired) electrons. The lowest BCUT2D eigenvalue weighted by molar-refractivity contribution is 0.170. The number of fused-ring (bicyclic) bond motifs is 2. The molecule has 22 heavy (non-hydrogen) atoms. The highest BCUT2D eigenvalue weighted by Gasteiger charge is 2.22. The van der Waals surface area contributed by atoms with Crippen LogP contribution in [0.4, 0.5) is 0 Å². The van der Waals surface area contributed by atoms with Crippen LogP contribution in [-0.4, -0.2) is 13.2 Å². The summed E-state index contributed by atoms with van der Waals surface area (Å²) in [7, 11) is 0. The summed E-state index contributed by atoms with van der Waals surface area (Å²) < 4.78 is 12.3. The smallest absolute Gasteiger partial charge is 0.175 e. The first-order valence-electron chi connectivity index (χ1n) is 7.70. The van der Waals surface area contributed by atoms with Gasteiger partial charge in [0.15, 0.2) is 11.5 Å². The molecule has 1 heterocycles. The van der Waals surface area contributed by atoms with Crippen molar-refractivity contribution < 1.29 is 9.47 Å². The Morgan fingerprint density at radius 2 is 2.00 bits per heavy atom. The SMILES string of the molecule is Brc1cc(CNC2CCc3ccccc32)cc2c1OCCO2. The predicted molar refractivity (Wildman–Crippen MR) is 89.5 cm³/mol. The largest absolute Gasteiger partial charge is 0.486 e. The van der Waals surface area contributed by atoms with E-state index in [0.717, 1.165) is 22.5 Å². The molecule has 0 aromatic heterocycles. The zero-order valence-corrected chi connectivity index (χ0v) is 13.9. The van der Waals surface area contributed by atoms with Gasteiger partial charge in [-0.15, -0.1) is 0 Å². The van der Waals surface area contributed by atoms with Gasteiger partial charge in [-0.1, -0.05) is 24.3 Å². The molecule has 1 unspecified atom stereocenters. The van der Waals surface area contributed by atoms with Crippen molar-refractivity contribution in [3.05, 3.63) is 57.6 Å². The minimum atomic E-state index is 0.447. The number of nitrogens with one attached hydrogen (secondary N) is 1. The van der Waals surface area contributed by atoms with Gasteiger partial charge in [-0.3, -0.25) is 0 Å². The molecule has 1 aliphatic carbocycles. The van der Waals surface area contributed by atoms with Gasteiger partial charge in [0.05, 0.1) is 4.47 Å². The zero-order valence-electron chi connectivity index (χ0n) is 12.3. The maximum Gasteiger partial charge on any atom is 0.175 e. The fourth-order valence-electron chi connectivity index (χ4n) is 3.28. The molecule has 4 heteroatoms. The van der Waals surface area contributed by atoms with Crippen molar-refractivity contribution in [3.63, 3.8) is 0 Å². The second-order valence-corrected chi connectivity index (χ2v) is 6.63. The first-order valence-corrected chi connectivity index (χ1v) is 8.50. The Morgan fingerprint density at radius 1 is 1.14 bits per heavy atom. The van der Waals surface area contributed by atoms with Crippen LogP contribution in [0.3, 0.4) is 0 Å². The van der Waals surface area contributed by atoms with E-state index in [1.54, 1.807) is 0 Å². The van der Waals surface area contributed by atoms with E-state index in [4.69, 9.17) is 9.47 Å². The van der Waals surface area contributed by atoms with Gasteiger partial charge in [-0.25, -0.2) is 0 Å². The molecule has 0 bridgehead atoms. The Bertz CT molecular complexity index is 701. The van der Waals surface area contributed by atoms with Crippen LogP contribution in [-0.2, 0) is 13.0 Å². The van der Waals surface area contributed by atoms with Crippen molar-refractivity contribution in [3.8, 4) is 11.5 Å². The quantitative estimate of drug-likeness (QED) is 0.898. The summed E-state index contributed by atoms with van der Waals surface area (Å²) in [5.74, 6) is 1.66. The molecule has 0 amide bonds. The van der Waals surface area contributed by atoms with Crippen LogP contribution < -0.4 is 14.8 Å². The van der Waals surface area contributed by atoms with Gasteiger partial charge < -0.3 is 14.8 Å². The third-order valence-electron chi connectivity index (χ3n) is 4.34. The number of ether oxygens (including phenoxy) is 2. The fraction of sp³-hybridized carbons (Fsp3) is 0.333. The highest BCUT2D eigenvalue weighted by molar-refractivity contribution is 9.10. The van der Waals surface area contributed by atoms with E-state index in [1.807, 2.05) is 0 Å². The molecule has 0 fully saturated rings. The average molecular weight is 360 g/mol. The van der Waals surface area contributed by atoms with Crippen LogP contribution in [0.25, 0.3) is 0 Å². The number of halogens is 1. The lowest BCUT2D eigenvalue weighted by Gasteiger charge is -2.21. The highest BCUT2D eigenvalue weighted by Crippen LogP contribution is 2.39. The number of hydrogen-bond acceptors (Lipinski definition) is 3. The van der Waals surface area contributed by atoms with Gasteiger partial charge in [0.2, 0.25) is 0 Å². The van der Waals surface area contributed by atoms with E-state index in [9.17, 15) is 0 Å². The highest BCUT2D eigenvalue weighted by atomic mass is 79.9. The van der Waals surface area contributed by atoms with Crippen LogP contribution in [0, 0.1) is 0 Å². The van der Waals surface area contributed by atoms with Crippen molar-refractivity contribution in [1.82, 2.24) is 5.32 Å². The number of hydrogen-bond donors (Lipinski definition) is 1. The van der Waals surface area contributed by atoms with E-state index in [-0.39, 0.29) is 0 Å². The average Bonchev–Trinajstić information content (AvgIpc) is 2.96. The molecular weight excluding hydrogens is 342 g/mol. The first kappa shape index (κ1) is 14.1. The third-order valence-corrected chi connectivity index (χ3v) is 4.93. The molecule has 114 valence electrons. The Labute approximate surface area is 138 Å². The van der Waals surface area contributed by atoms with Crippen molar-refractivity contribution in [2.75, 3.05) is 13.2 Å². The number of aryl methyl sites for hydroxylation is 1. The summed E-state index contributed by atoms with van der Waals surface area (Å²) in [6.45, 7) is 2.06. The molecular formula is C18H18BrNO2. The van der Waals surface area contributed by atoms with E-state index in [2.05, 4.69) is 57.6 Å². The standard InChI is InChI=1S/C18H18BrNO2/c19-15-9-12(10-17-18(15)22-8-7-21-17)11-20-16-6-5-13-3-1-2-4-14(13)16/h1-4,9-10,16,20H,5-8,11H2. The number of benzene rings is 2. The van der Waals surface area contributed by atoms with Gasteiger partial charge in [0, 0.05) is 12.6 Å². The van der Waals surface area contributed by atoms with Gasteiger partial charge in [0.1, 0.15) is 13.2 Å². The van der Waals surface area contributed by atoms with Crippen LogP contribution in [0.1, 0.15) is 29.2 Å². The summed E-state index contributed by atoms with van der Waals surface area (Å²) >= 11 is 3.58. The second kappa shape index (κ2) is 5.94. The van der Waals surface area contributed by atoms with Crippen molar-refractivity contribution in [2.45, 2.75) is 25.4 Å². The van der Waals surface area contributed by atoms with Crippen LogP contribution >= 0.6 is 15.9 Å². The number of rotatable bonds is 3. The molecule has 2 aromatic rings. The Morgan fingerprint density at radius 3 is 2.95 bits per heavy atom. The van der Waals surface area contributed by atoms with E-state index in [0.29, 0.717) is 19.3 Å². The lowest BCUT2D eigenvalue weighted by Crippen LogP contribution is -2.20. The molecule has 1 N–H and O–H groups in total. The van der Waals surface area contributed by atoms with Gasteiger partial charge >= 0.3 is 0 Å². The topological polar surface area (TPSA) is 30.5 Å². The first-order chi connectivity index (χ1) is 10.8. The second-order valence-electron chi connectivity index (χ2n) is 5.77. The summed E-state index contributed by atoms with van der Waals surface area (Å²) in [6.07, 6.45) is 2.34. The maximum atomic E-state index is 5.69. The van der Waals surface area contributed by atoms with E-state index < -0.39 is 0 Å². The minimum Gasteiger partial charge on any atom is -0.486 e. The van der Waals surface area contributed by atoms with E-state index >= 15 is 0 Å². The normalized spacial score (nSPS) is 19.0. The summed E-state index contributed by atoms with van der Waals surface area (Å²) in [5.41, 5.74) is 4.13. The molecule has 2 aliphatic rings. The molecule has 1 atom stereocenters. The summed E-state index contributed by atoms with van der Waals surface area (Å²) in [6, 6.07) is 13.4. The van der Waals surface area contributed by atoms with Gasteiger partial charge in [-0.05, 0) is 57.6 Å². The van der Waals surface area contributed by atoms with Crippen LogP contribution in [0.15, 0.2) is 40.9 Å². The van der Waals surface area contributed by atoms with Crippen LogP contribution in [0.2, 0.25) is 0 Å². The monoisotopic (exact) mass is 359 g/mol. The Hall–Kier alpha value is -1.52. The Balaban J connectivity index is 1.50. The minimum absolute atomic E-state index is 0.447. The lowest BCUT2D eigenvalue weighted by atomic mass is 10.1. The van der Waals surface area contributed by atoms with Crippen LogP contribution in [0.5, 0.6) is 11.5 Å². The van der Waals surface area contributed by atoms with Crippen molar-refractivity contribution in [2.24, 2.45) is 0 Å². The Kier molecular flexibility index (Phi) is 3.80. The van der Waals surface area contributed by atoms with Crippen molar-refractivity contribution in [1.29, 1.82) is 0 Å². The molecule has 0 saturated heterocycles. The van der Waals surface area contributed by atoms with Gasteiger partial charge in [-0.2, -0.15) is 0 Å². The summed E-state index contributed by atoms with van der Waals surface area (Å²) in [4.78, 5) is 0. The third kappa shape index (κ3) is 2.61. The molecule has 0 saturated carbocycles. The molecule has 2 aromatic carbocycles.